The molecule has 0 spiro atoms. The quantitative estimate of drug-likeness (QED) is 0.610. The Kier molecular flexibility index (Phi) is 4.50. The van der Waals surface area contributed by atoms with E-state index >= 15 is 0 Å². The molecule has 0 aliphatic heterocycles. The molecule has 0 radical (unpaired) electrons. The lowest BCUT2D eigenvalue weighted by Crippen LogP contribution is -2.16. The lowest BCUT2D eigenvalue weighted by molar-refractivity contribution is -0.385. The average Bonchev–Trinajstić information content (AvgIpc) is 2.83. The molecule has 23 heavy (non-hydrogen) atoms. The summed E-state index contributed by atoms with van der Waals surface area (Å²) in [7, 11) is -0.574. The molecule has 122 valence electrons. The van der Waals surface area contributed by atoms with Gasteiger partial charge in [-0.15, -0.1) is 4.09 Å². The molecule has 2 rings (SSSR count). The van der Waals surface area contributed by atoms with Crippen LogP contribution in [0, 0.1) is 17.0 Å². The summed E-state index contributed by atoms with van der Waals surface area (Å²) in [6.45, 7) is 1.40. The van der Waals surface area contributed by atoms with Crippen LogP contribution in [0.2, 0.25) is 0 Å². The predicted octanol–water partition coefficient (Wildman–Crippen LogP) is 1.87. The number of nitrogens with zero attached hydrogens (tertiary/aromatic N) is 4. The van der Waals surface area contributed by atoms with Gasteiger partial charge in [0.05, 0.1) is 9.82 Å². The van der Waals surface area contributed by atoms with Crippen molar-refractivity contribution in [1.82, 2.24) is 14.1 Å². The Balaban J connectivity index is 2.72. The third kappa shape index (κ3) is 3.24. The van der Waals surface area contributed by atoms with Crippen LogP contribution >= 0.6 is 0 Å². The number of aryl methyl sites for hydroxylation is 1. The van der Waals surface area contributed by atoms with Crippen LogP contribution in [0.1, 0.15) is 11.4 Å². The minimum atomic E-state index is -4.02. The fraction of sp³-hybridized carbons (Fsp3) is 0.214. The Bertz CT molecular complexity index is 854. The molecule has 0 saturated heterocycles. The summed E-state index contributed by atoms with van der Waals surface area (Å²) in [5, 5.41) is 15.1. The molecule has 0 N–H and O–H groups in total. The summed E-state index contributed by atoms with van der Waals surface area (Å²) >= 11 is 0. The molecule has 0 amide bonds. The number of hydrogen-bond acceptors (Lipinski definition) is 6. The Morgan fingerprint density at radius 3 is 2.39 bits per heavy atom. The van der Waals surface area contributed by atoms with Crippen molar-refractivity contribution in [2.45, 2.75) is 11.8 Å². The first-order valence-corrected chi connectivity index (χ1v) is 8.08. The molecule has 0 fully saturated rings. The largest absolute Gasteiger partial charge is 0.383 e. The van der Waals surface area contributed by atoms with Crippen molar-refractivity contribution >= 4 is 21.8 Å². The van der Waals surface area contributed by atoms with E-state index in [9.17, 15) is 18.5 Å². The van der Waals surface area contributed by atoms with E-state index in [1.165, 1.54) is 31.3 Å². The fourth-order valence-electron chi connectivity index (χ4n) is 1.98. The van der Waals surface area contributed by atoms with Crippen LogP contribution in [0.3, 0.4) is 0 Å². The highest BCUT2D eigenvalue weighted by molar-refractivity contribution is 7.89. The Hall–Kier alpha value is -2.68. The number of aromatic nitrogens is 2. The van der Waals surface area contributed by atoms with Gasteiger partial charge < -0.3 is 4.90 Å². The highest BCUT2D eigenvalue weighted by Crippen LogP contribution is 2.27. The highest BCUT2D eigenvalue weighted by atomic mass is 32.2. The molecular weight excluding hydrogens is 320 g/mol. The van der Waals surface area contributed by atoms with Crippen LogP contribution in [0.25, 0.3) is 6.08 Å². The van der Waals surface area contributed by atoms with Crippen LogP contribution in [0.4, 0.5) is 5.69 Å². The van der Waals surface area contributed by atoms with E-state index in [4.69, 9.17) is 0 Å². The average molecular weight is 336 g/mol. The van der Waals surface area contributed by atoms with Crippen molar-refractivity contribution in [2.24, 2.45) is 0 Å². The van der Waals surface area contributed by atoms with Gasteiger partial charge in [-0.1, -0.05) is 18.2 Å². The molecule has 0 saturated carbocycles. The van der Waals surface area contributed by atoms with Gasteiger partial charge >= 0.3 is 5.69 Å². The van der Waals surface area contributed by atoms with E-state index in [2.05, 4.69) is 5.10 Å². The van der Waals surface area contributed by atoms with Gasteiger partial charge in [0.1, 0.15) is 5.69 Å². The fourth-order valence-corrected chi connectivity index (χ4v) is 3.31. The van der Waals surface area contributed by atoms with E-state index in [1.54, 1.807) is 37.2 Å². The minimum absolute atomic E-state index is 0.0110. The van der Waals surface area contributed by atoms with Gasteiger partial charge in [-0.25, -0.2) is 0 Å². The van der Waals surface area contributed by atoms with Crippen molar-refractivity contribution in [3.63, 3.8) is 0 Å². The summed E-state index contributed by atoms with van der Waals surface area (Å²) in [6.07, 6.45) is 2.89. The zero-order chi connectivity index (χ0) is 17.2. The molecular formula is C14H16N4O4S. The first-order chi connectivity index (χ1) is 10.7. The summed E-state index contributed by atoms with van der Waals surface area (Å²) in [5.74, 6) is 0. The normalized spacial score (nSPS) is 11.8. The van der Waals surface area contributed by atoms with Gasteiger partial charge in [-0.3, -0.25) is 10.1 Å². The standard InChI is InChI=1S/C14H16N4O4S/c1-11-14(18(19)20)13(9-10-16(2)3)17(15-11)23(21,22)12-7-5-4-6-8-12/h4-10H,1-3H3/b10-9+. The number of hydrogen-bond donors (Lipinski definition) is 0. The van der Waals surface area contributed by atoms with Crippen molar-refractivity contribution in [3.8, 4) is 0 Å². The van der Waals surface area contributed by atoms with Crippen LogP contribution in [-0.4, -0.2) is 41.5 Å². The van der Waals surface area contributed by atoms with Crippen molar-refractivity contribution < 1.29 is 13.3 Å². The van der Waals surface area contributed by atoms with Gasteiger partial charge in [0.2, 0.25) is 0 Å². The van der Waals surface area contributed by atoms with E-state index in [0.717, 1.165) is 0 Å². The van der Waals surface area contributed by atoms with Crippen LogP contribution in [0.15, 0.2) is 41.4 Å². The molecule has 0 unspecified atom stereocenters. The summed E-state index contributed by atoms with van der Waals surface area (Å²) in [6, 6.07) is 7.66. The lowest BCUT2D eigenvalue weighted by Gasteiger charge is -2.07. The molecule has 0 bridgehead atoms. The maximum absolute atomic E-state index is 12.7. The maximum atomic E-state index is 12.7. The summed E-state index contributed by atoms with van der Waals surface area (Å²) in [4.78, 5) is 12.3. The smallest absolute Gasteiger partial charge is 0.318 e. The zero-order valence-corrected chi connectivity index (χ0v) is 13.7. The molecule has 9 heteroatoms. The van der Waals surface area contributed by atoms with E-state index in [-0.39, 0.29) is 22.0 Å². The number of benzene rings is 1. The van der Waals surface area contributed by atoms with Crippen molar-refractivity contribution in [1.29, 1.82) is 0 Å². The molecule has 1 aromatic carbocycles. The van der Waals surface area contributed by atoms with Gasteiger partial charge in [0.15, 0.2) is 5.69 Å². The second kappa shape index (κ2) is 6.21. The Labute approximate surface area is 133 Å². The first-order valence-electron chi connectivity index (χ1n) is 6.64. The summed E-state index contributed by atoms with van der Waals surface area (Å²) < 4.78 is 26.1. The molecule has 2 aromatic rings. The second-order valence-electron chi connectivity index (χ2n) is 5.02. The molecule has 8 nitrogen and oxygen atoms in total. The van der Waals surface area contributed by atoms with Crippen LogP contribution in [-0.2, 0) is 10.0 Å². The third-order valence-electron chi connectivity index (χ3n) is 3.01. The van der Waals surface area contributed by atoms with Crippen molar-refractivity contribution in [2.75, 3.05) is 14.1 Å². The first kappa shape index (κ1) is 16.7. The monoisotopic (exact) mass is 336 g/mol. The molecule has 0 aliphatic carbocycles. The topological polar surface area (TPSA) is 98.3 Å². The molecule has 0 aliphatic rings. The molecule has 1 heterocycles. The number of nitro groups is 1. The van der Waals surface area contributed by atoms with E-state index in [1.807, 2.05) is 0 Å². The van der Waals surface area contributed by atoms with Gasteiger partial charge in [0.25, 0.3) is 10.0 Å². The Morgan fingerprint density at radius 2 is 1.87 bits per heavy atom. The SMILES string of the molecule is Cc1nn(S(=O)(=O)c2ccccc2)c(/C=C/N(C)C)c1[N+](=O)[O-]. The third-order valence-corrected chi connectivity index (χ3v) is 4.62. The van der Waals surface area contributed by atoms with Gasteiger partial charge in [-0.2, -0.15) is 13.5 Å². The minimum Gasteiger partial charge on any atom is -0.383 e. The van der Waals surface area contributed by atoms with Crippen LogP contribution in [0.5, 0.6) is 0 Å². The zero-order valence-electron chi connectivity index (χ0n) is 12.9. The predicted molar refractivity (Wildman–Crippen MR) is 85.4 cm³/mol. The number of rotatable bonds is 5. The van der Waals surface area contributed by atoms with E-state index < -0.39 is 14.9 Å². The Morgan fingerprint density at radius 1 is 1.26 bits per heavy atom. The molecule has 0 atom stereocenters. The van der Waals surface area contributed by atoms with Crippen LogP contribution < -0.4 is 0 Å². The second-order valence-corrected chi connectivity index (χ2v) is 6.78. The maximum Gasteiger partial charge on any atom is 0.318 e. The van der Waals surface area contributed by atoms with E-state index in [0.29, 0.717) is 4.09 Å². The van der Waals surface area contributed by atoms with Crippen molar-refractivity contribution in [3.05, 3.63) is 58.0 Å². The highest BCUT2D eigenvalue weighted by Gasteiger charge is 2.30. The summed E-state index contributed by atoms with van der Waals surface area (Å²) in [5.41, 5.74) is -0.388. The molecule has 1 aromatic heterocycles. The van der Waals surface area contributed by atoms with Gasteiger partial charge in [0, 0.05) is 20.3 Å². The van der Waals surface area contributed by atoms with Gasteiger partial charge in [-0.05, 0) is 25.1 Å². The lowest BCUT2D eigenvalue weighted by atomic mass is 10.3.